The number of nitrogens with zero attached hydrogens (tertiary/aromatic N) is 4. The zero-order valence-electron chi connectivity index (χ0n) is 18.0. The zero-order chi connectivity index (χ0) is 21.6. The Morgan fingerprint density at radius 1 is 1.19 bits per heavy atom. The van der Waals surface area contributed by atoms with Gasteiger partial charge in [0.2, 0.25) is 5.88 Å². The van der Waals surface area contributed by atoms with Gasteiger partial charge in [0.25, 0.3) is 0 Å². The van der Waals surface area contributed by atoms with E-state index in [9.17, 15) is 4.79 Å². The number of benzene rings is 1. The van der Waals surface area contributed by atoms with Gasteiger partial charge < -0.3 is 14.4 Å². The topological polar surface area (TPSA) is 77.4 Å². The molecule has 0 unspecified atom stereocenters. The van der Waals surface area contributed by atoms with Crippen molar-refractivity contribution in [3.8, 4) is 5.88 Å². The molecular formula is C23H28N4O3S. The van der Waals surface area contributed by atoms with Gasteiger partial charge in [-0.25, -0.2) is 4.98 Å². The summed E-state index contributed by atoms with van der Waals surface area (Å²) in [7, 11) is 1.66. The molecule has 3 heterocycles. The number of ketones is 1. The lowest BCUT2D eigenvalue weighted by molar-refractivity contribution is -0.120. The number of rotatable bonds is 10. The van der Waals surface area contributed by atoms with Crippen LogP contribution in [-0.4, -0.2) is 53.6 Å². The predicted octanol–water partition coefficient (Wildman–Crippen LogP) is 3.84. The van der Waals surface area contributed by atoms with Gasteiger partial charge in [-0.1, -0.05) is 41.7 Å². The number of ether oxygens (including phenoxy) is 2. The lowest BCUT2D eigenvalue weighted by Crippen LogP contribution is -2.36. The van der Waals surface area contributed by atoms with Crippen LogP contribution in [0.3, 0.4) is 0 Å². The first-order valence-electron chi connectivity index (χ1n) is 10.8. The van der Waals surface area contributed by atoms with E-state index in [4.69, 9.17) is 14.5 Å². The van der Waals surface area contributed by atoms with E-state index >= 15 is 0 Å². The molecule has 0 amide bonds. The fourth-order valence-corrected chi connectivity index (χ4v) is 4.93. The second kappa shape index (κ2) is 10.2. The molecule has 4 rings (SSSR count). The quantitative estimate of drug-likeness (QED) is 0.474. The number of hydrogen-bond acceptors (Lipinski definition) is 8. The van der Waals surface area contributed by atoms with Gasteiger partial charge in [-0.2, -0.15) is 9.97 Å². The average Bonchev–Trinajstić information content (AvgIpc) is 3.44. The smallest absolute Gasteiger partial charge is 0.236 e. The number of thiazole rings is 1. The minimum atomic E-state index is -0.124. The Hall–Kier alpha value is -2.58. The third-order valence-corrected chi connectivity index (χ3v) is 6.51. The molecule has 2 aromatic heterocycles. The van der Waals surface area contributed by atoms with E-state index in [0.29, 0.717) is 43.4 Å². The molecule has 0 radical (unpaired) electrons. The van der Waals surface area contributed by atoms with Crippen LogP contribution in [-0.2, 0) is 22.4 Å². The van der Waals surface area contributed by atoms with Gasteiger partial charge in [-0.3, -0.25) is 4.79 Å². The second-order valence-electron chi connectivity index (χ2n) is 7.57. The van der Waals surface area contributed by atoms with Crippen molar-refractivity contribution in [1.29, 1.82) is 0 Å². The molecule has 1 aliphatic heterocycles. The fraction of sp³-hybridized carbons (Fsp3) is 0.478. The molecule has 0 bridgehead atoms. The van der Waals surface area contributed by atoms with Crippen LogP contribution in [0.4, 0.5) is 5.13 Å². The molecule has 0 spiro atoms. The average molecular weight is 441 g/mol. The van der Waals surface area contributed by atoms with Crippen molar-refractivity contribution in [1.82, 2.24) is 15.0 Å². The molecule has 7 nitrogen and oxygen atoms in total. The number of carbonyl (C=O) groups excluding carboxylic acids is 1. The Balaban J connectivity index is 1.54. The Bertz CT molecular complexity index is 1020. The third-order valence-electron chi connectivity index (χ3n) is 5.44. The summed E-state index contributed by atoms with van der Waals surface area (Å²) in [4.78, 5) is 29.1. The molecule has 1 saturated heterocycles. The number of anilines is 1. The molecule has 0 N–H and O–H groups in total. The van der Waals surface area contributed by atoms with Crippen molar-refractivity contribution in [3.63, 3.8) is 0 Å². The van der Waals surface area contributed by atoms with Crippen molar-refractivity contribution < 1.29 is 14.3 Å². The summed E-state index contributed by atoms with van der Waals surface area (Å²) in [6.45, 7) is 3.83. The van der Waals surface area contributed by atoms with E-state index < -0.39 is 0 Å². The molecule has 3 aromatic rings. The van der Waals surface area contributed by atoms with E-state index in [2.05, 4.69) is 27.0 Å². The molecule has 1 atom stereocenters. The van der Waals surface area contributed by atoms with E-state index in [1.54, 1.807) is 7.11 Å². The lowest BCUT2D eigenvalue weighted by atomic mass is 10.0. The minimum absolute atomic E-state index is 0.124. The van der Waals surface area contributed by atoms with Crippen LogP contribution in [0, 0.1) is 0 Å². The maximum atomic E-state index is 13.0. The highest BCUT2D eigenvalue weighted by molar-refractivity contribution is 7.22. The van der Waals surface area contributed by atoms with Gasteiger partial charge >= 0.3 is 0 Å². The molecule has 0 aliphatic carbocycles. The van der Waals surface area contributed by atoms with Crippen molar-refractivity contribution in [2.75, 3.05) is 31.8 Å². The van der Waals surface area contributed by atoms with Gasteiger partial charge in [-0.15, -0.1) is 0 Å². The summed E-state index contributed by atoms with van der Waals surface area (Å²) in [6, 6.07) is 10.0. The van der Waals surface area contributed by atoms with Crippen molar-refractivity contribution in [3.05, 3.63) is 41.7 Å². The summed E-state index contributed by atoms with van der Waals surface area (Å²) in [5, 5.41) is 0.824. The first-order valence-corrected chi connectivity index (χ1v) is 11.6. The standard InChI is InChI=1S/C23H28N4O3S/c1-3-30-22-20-21(24-19(25-22)13-15-29-2)26-23(31-20)27-14-7-10-17(27)18(28)12-11-16-8-5-4-6-9-16/h4-6,8-9,17H,3,7,10-15H2,1-2H3/t17-/m1/s1. The molecular weight excluding hydrogens is 412 g/mol. The van der Waals surface area contributed by atoms with Crippen LogP contribution >= 0.6 is 11.3 Å². The van der Waals surface area contributed by atoms with Gasteiger partial charge in [0.15, 0.2) is 16.6 Å². The normalized spacial score (nSPS) is 16.2. The molecule has 1 fully saturated rings. The number of methoxy groups -OCH3 is 1. The Morgan fingerprint density at radius 2 is 2.03 bits per heavy atom. The van der Waals surface area contributed by atoms with Crippen LogP contribution < -0.4 is 9.64 Å². The van der Waals surface area contributed by atoms with E-state index in [1.165, 1.54) is 16.9 Å². The Kier molecular flexibility index (Phi) is 7.09. The maximum absolute atomic E-state index is 13.0. The minimum Gasteiger partial charge on any atom is -0.477 e. The summed E-state index contributed by atoms with van der Waals surface area (Å²) >= 11 is 1.51. The number of aryl methyl sites for hydroxylation is 1. The number of carbonyl (C=O) groups is 1. The summed E-state index contributed by atoms with van der Waals surface area (Å²) in [5.41, 5.74) is 1.83. The number of hydrogen-bond donors (Lipinski definition) is 0. The number of fused-ring (bicyclic) bond motifs is 1. The molecule has 1 aromatic carbocycles. The number of Topliss-reactive ketones (excluding diaryl/α,β-unsaturated/α-hetero) is 1. The van der Waals surface area contributed by atoms with E-state index in [1.807, 2.05) is 25.1 Å². The van der Waals surface area contributed by atoms with Gasteiger partial charge in [0.05, 0.1) is 19.3 Å². The van der Waals surface area contributed by atoms with Gasteiger partial charge in [0.1, 0.15) is 10.5 Å². The summed E-state index contributed by atoms with van der Waals surface area (Å²) in [5.74, 6) is 1.50. The van der Waals surface area contributed by atoms with E-state index in [0.717, 1.165) is 35.6 Å². The summed E-state index contributed by atoms with van der Waals surface area (Å²) in [6.07, 6.45) is 3.77. The third kappa shape index (κ3) is 5.02. The molecule has 31 heavy (non-hydrogen) atoms. The lowest BCUT2D eigenvalue weighted by Gasteiger charge is -2.22. The summed E-state index contributed by atoms with van der Waals surface area (Å²) < 4.78 is 11.8. The molecule has 0 saturated carbocycles. The second-order valence-corrected chi connectivity index (χ2v) is 8.55. The number of aromatic nitrogens is 3. The molecule has 164 valence electrons. The highest BCUT2D eigenvalue weighted by atomic mass is 32.1. The van der Waals surface area contributed by atoms with Crippen LogP contribution in [0.25, 0.3) is 10.3 Å². The monoisotopic (exact) mass is 440 g/mol. The Labute approximate surface area is 186 Å². The van der Waals surface area contributed by atoms with Crippen molar-refractivity contribution in [2.45, 2.75) is 45.1 Å². The van der Waals surface area contributed by atoms with E-state index in [-0.39, 0.29) is 11.8 Å². The van der Waals surface area contributed by atoms with Crippen LogP contribution in [0.1, 0.15) is 37.6 Å². The highest BCUT2D eigenvalue weighted by Gasteiger charge is 2.32. The maximum Gasteiger partial charge on any atom is 0.236 e. The van der Waals surface area contributed by atoms with Gasteiger partial charge in [-0.05, 0) is 31.7 Å². The first kappa shape index (κ1) is 21.6. The highest BCUT2D eigenvalue weighted by Crippen LogP contribution is 2.37. The SMILES string of the molecule is CCOc1nc(CCOC)nc2nc(N3CCC[C@@H]3C(=O)CCc3ccccc3)sc12. The molecule has 1 aliphatic rings. The van der Waals surface area contributed by atoms with Crippen LogP contribution in [0.15, 0.2) is 30.3 Å². The molecule has 8 heteroatoms. The van der Waals surface area contributed by atoms with Crippen molar-refractivity contribution >= 4 is 32.6 Å². The fourth-order valence-electron chi connectivity index (χ4n) is 3.90. The first-order chi connectivity index (χ1) is 15.2. The van der Waals surface area contributed by atoms with Crippen LogP contribution in [0.2, 0.25) is 0 Å². The Morgan fingerprint density at radius 3 is 2.81 bits per heavy atom. The largest absolute Gasteiger partial charge is 0.477 e. The van der Waals surface area contributed by atoms with Crippen molar-refractivity contribution in [2.24, 2.45) is 0 Å². The predicted molar refractivity (Wildman–Crippen MR) is 122 cm³/mol. The zero-order valence-corrected chi connectivity index (χ0v) is 18.9. The van der Waals surface area contributed by atoms with Crippen LogP contribution in [0.5, 0.6) is 5.88 Å². The van der Waals surface area contributed by atoms with Gasteiger partial charge in [0, 0.05) is 26.5 Å².